The van der Waals surface area contributed by atoms with Crippen LogP contribution in [0.1, 0.15) is 5.56 Å². The van der Waals surface area contributed by atoms with Gasteiger partial charge in [0.1, 0.15) is 87.2 Å². The lowest BCUT2D eigenvalue weighted by Gasteiger charge is -2.16. The number of nitrogens with zero attached hydrogens (tertiary/aromatic N) is 10. The van der Waals surface area contributed by atoms with Crippen LogP contribution in [0, 0.1) is 6.92 Å². The van der Waals surface area contributed by atoms with Gasteiger partial charge in [-0.1, -0.05) is 10.1 Å². The van der Waals surface area contributed by atoms with Crippen LogP contribution in [0.4, 0.5) is 73.9 Å². The van der Waals surface area contributed by atoms with Crippen molar-refractivity contribution in [1.82, 2.24) is 0 Å². The van der Waals surface area contributed by atoms with Crippen molar-refractivity contribution in [2.45, 2.75) is 51.0 Å². The first kappa shape index (κ1) is 84.6. The number of nitrogen functional groups attached to an aromatic ring is 1. The maximum atomic E-state index is 13.7. The number of rotatable bonds is 27. The molecule has 0 amide bonds. The highest BCUT2D eigenvalue weighted by Gasteiger charge is 2.32. The van der Waals surface area contributed by atoms with Crippen LogP contribution in [-0.4, -0.2) is 136 Å². The monoisotopic (exact) mass is 1760 g/mol. The Balaban J connectivity index is 1.03. The Morgan fingerprint density at radius 2 is 0.843 bits per heavy atom. The van der Waals surface area contributed by atoms with Crippen LogP contribution in [0.2, 0.25) is 0 Å². The number of aryl methyl sites for hydroxylation is 1. The molecular weight excluding hydrogens is 1720 g/mol. The molecule has 11 aromatic carbocycles. The van der Waals surface area contributed by atoms with Crippen LogP contribution in [0.15, 0.2) is 223 Å². The van der Waals surface area contributed by atoms with Crippen LogP contribution >= 0.6 is 24.1 Å². The smallest absolute Gasteiger partial charge is 0.297 e. The molecule has 16 N–H and O–H groups in total. The molecule has 602 valence electrons. The Morgan fingerprint density at radius 1 is 0.383 bits per heavy atom. The highest BCUT2D eigenvalue weighted by Crippen LogP contribution is 2.53. The van der Waals surface area contributed by atoms with E-state index in [1.807, 2.05) is 0 Å². The Morgan fingerprint density at radius 3 is 1.37 bits per heavy atom. The van der Waals surface area contributed by atoms with Gasteiger partial charge in [0.25, 0.3) is 70.8 Å². The van der Waals surface area contributed by atoms with E-state index in [-0.39, 0.29) is 80.1 Å². The molecule has 0 radical (unpaired) electrons. The lowest BCUT2D eigenvalue weighted by molar-refractivity contribution is -0.432. The average molecular weight is 1760 g/mol. The van der Waals surface area contributed by atoms with E-state index in [0.29, 0.717) is 12.1 Å². The van der Waals surface area contributed by atoms with Crippen molar-refractivity contribution >= 4 is 212 Å². The van der Waals surface area contributed by atoms with Crippen LogP contribution in [0.5, 0.6) is 34.5 Å². The van der Waals surface area contributed by atoms with Crippen molar-refractivity contribution in [1.29, 1.82) is 0 Å². The number of ether oxygens (including phenoxy) is 2. The summed E-state index contributed by atoms with van der Waals surface area (Å²) in [6, 6.07) is 19.4. The number of benzene rings is 11. The lowest BCUT2D eigenvalue weighted by Crippen LogP contribution is -2.04. The molecule has 11 rings (SSSR count). The molecule has 0 aliphatic rings. The van der Waals surface area contributed by atoms with E-state index in [9.17, 15) is 116 Å². The first-order chi connectivity index (χ1) is 53.7. The molecule has 0 unspecified atom stereocenters. The molecule has 0 atom stereocenters. The van der Waals surface area contributed by atoms with E-state index in [4.69, 9.17) is 24.8 Å². The summed E-state index contributed by atoms with van der Waals surface area (Å²) in [4.78, 5) is -8.35. The molecule has 54 heteroatoms. The Hall–Kier alpha value is -11.3. The second kappa shape index (κ2) is 32.2. The molecule has 0 saturated heterocycles. The van der Waals surface area contributed by atoms with E-state index in [1.54, 1.807) is 0 Å². The number of methoxy groups -OCH3 is 2. The van der Waals surface area contributed by atoms with Gasteiger partial charge in [0.05, 0.1) is 86.0 Å². The largest absolute Gasteiger partial charge is 0.507 e. The van der Waals surface area contributed by atoms with Gasteiger partial charge in [-0.15, -0.1) is 54.7 Å². The Kier molecular flexibility index (Phi) is 23.7. The fraction of sp³-hybridized carbons (Fsp3) is 0.0492. The predicted octanol–water partition coefficient (Wildman–Crippen LogP) is 14.4. The molecule has 0 fully saturated rings. The van der Waals surface area contributed by atoms with Crippen LogP contribution in [-0.2, 0) is 89.6 Å². The van der Waals surface area contributed by atoms with Crippen LogP contribution in [0.25, 0.3) is 43.1 Å². The van der Waals surface area contributed by atoms with Crippen molar-refractivity contribution in [2.24, 2.45) is 51.1 Å². The minimum atomic E-state index is -5.78. The molecule has 0 bridgehead atoms. The summed E-state index contributed by atoms with van der Waals surface area (Å²) in [5, 5.41) is 111. The van der Waals surface area contributed by atoms with E-state index >= 15 is 0 Å². The topological polar surface area (TPSA) is 719 Å². The fourth-order valence-corrected chi connectivity index (χ4v) is 16.6. The van der Waals surface area contributed by atoms with Gasteiger partial charge in [-0.2, -0.15) is 64.0 Å². The molecule has 0 aliphatic heterocycles. The van der Waals surface area contributed by atoms with Crippen LogP contribution < -0.4 is 20.5 Å². The zero-order valence-electron chi connectivity index (χ0n) is 56.8. The number of hydrogen-bond acceptors (Lipinski definition) is 40. The highest BCUT2D eigenvalue weighted by atomic mass is 32.2. The van der Waals surface area contributed by atoms with E-state index in [1.165, 1.54) is 32.2 Å². The van der Waals surface area contributed by atoms with E-state index in [2.05, 4.69) is 70.9 Å². The van der Waals surface area contributed by atoms with E-state index < -0.39 is 216 Å². The fourth-order valence-electron chi connectivity index (χ4n) is 11.0. The quantitative estimate of drug-likeness (QED) is 0.00568. The average Bonchev–Trinajstić information content (AvgIpc) is 0.752. The number of phenolic OH excluding ortho intramolecular Hbond substituents is 4. The summed E-state index contributed by atoms with van der Waals surface area (Å²) in [5.74, 6) is -4.39. The summed E-state index contributed by atoms with van der Waals surface area (Å²) >= 11 is 0.0477. The number of phenols is 4. The molecule has 0 heterocycles. The molecule has 0 aliphatic carbocycles. The predicted molar refractivity (Wildman–Crippen MR) is 398 cm³/mol. The highest BCUT2D eigenvalue weighted by molar-refractivity contribution is 7.95. The number of nitrogens with two attached hydrogens (primary N) is 1. The number of nitrogens with one attached hydrogen (secondary N) is 1. The molecule has 11 aromatic rings. The minimum absolute atomic E-state index is 0.0167. The number of hydrogen-bond donors (Lipinski definition) is 15. The van der Waals surface area contributed by atoms with Gasteiger partial charge >= 0.3 is 0 Å². The molecular formula is C61H46N12O33S9. The molecule has 115 heavy (non-hydrogen) atoms. The third kappa shape index (κ3) is 18.0. The summed E-state index contributed by atoms with van der Waals surface area (Å²) in [6.07, 6.45) is 0. The van der Waals surface area contributed by atoms with Crippen molar-refractivity contribution in [3.05, 3.63) is 133 Å². The zero-order valence-corrected chi connectivity index (χ0v) is 64.2. The first-order valence-corrected chi connectivity index (χ1v) is 41.8. The van der Waals surface area contributed by atoms with Gasteiger partial charge in [0, 0.05) is 56.2 Å². The summed E-state index contributed by atoms with van der Waals surface area (Å²) in [6.45, 7) is 1.38. The van der Waals surface area contributed by atoms with Gasteiger partial charge in [-0.05, 0) is 127 Å². The minimum Gasteiger partial charge on any atom is -0.507 e. The maximum Gasteiger partial charge on any atom is 0.297 e. The molecule has 0 saturated carbocycles. The van der Waals surface area contributed by atoms with Crippen molar-refractivity contribution in [2.75, 3.05) is 25.3 Å². The summed E-state index contributed by atoms with van der Waals surface area (Å²) in [5.41, 5.74) is -1.26. The normalized spacial score (nSPS) is 13.0. The van der Waals surface area contributed by atoms with Crippen molar-refractivity contribution in [3.8, 4) is 34.5 Å². The number of anilines is 3. The van der Waals surface area contributed by atoms with Gasteiger partial charge in [-0.25, -0.2) is 10.5 Å². The zero-order chi connectivity index (χ0) is 84.1. The van der Waals surface area contributed by atoms with Gasteiger partial charge in [-0.3, -0.25) is 31.9 Å². The maximum absolute atomic E-state index is 13.7. The standard InChI is InChI=1S/C61H46N12O33S9/c1-25-14-43(46(102-3)24-42(25)67-69-44-19-29(109(80,81)82)15-26-16-30(110(83,84)85)20-45(74)52(26)44)68-73-56-51(113(92,93)94)23-36-33(59(56)77)8-13-41(61(36)115(98,99)100)65-70-53-34-21-47(107-105-103-78)54(57(75)31(34)6-11-39(53)63-27-4-9-37(62)49(17-27)111(86,87)88)72-66-40-12-7-32-35(60(40)114(95,96)97)22-48(108-106-104-79)55(58(32)76)71-64-38-10-5-28(101-2)18-50(38)112(89,90)91/h4-24,63,74-79H,62H2,1-3H3,(H,80,81,82)(H,83,84,85)(H,86,87,88)(H,89,90,91)(H,92,93,94)(H,95,96,97)(H,98,99,100). The Bertz CT molecular complexity index is 7000. The van der Waals surface area contributed by atoms with Gasteiger partial charge < -0.3 is 41.0 Å². The van der Waals surface area contributed by atoms with Crippen LogP contribution in [0.3, 0.4) is 0 Å². The first-order valence-electron chi connectivity index (χ1n) is 30.3. The SMILES string of the molecule is COc1ccc(N=Nc2c(SOOO)cc3c(S(=O)(=O)O)c(N=Nc4c(SOOO)cc5c(N=Nc6ccc7c(O)c(N=Nc8cc(C)c(N=Nc9cc(S(=O)(=O)O)cc%10cc(S(=O)(=O)O)cc(O)c9%10)cc8OC)c(S(=O)(=O)O)cc7c6S(=O)(=O)O)c(Nc6ccc(N)c(S(=O)(=O)O)c6)ccc5c4O)ccc3c2O)c(S(=O)(=O)O)c1. The van der Waals surface area contributed by atoms with Gasteiger partial charge in [0.2, 0.25) is 0 Å². The number of azo groups is 5. The summed E-state index contributed by atoms with van der Waals surface area (Å²) < 4.78 is 270. The number of fused-ring (bicyclic) bond motifs is 4. The third-order valence-electron chi connectivity index (χ3n) is 16.0. The molecule has 45 nitrogen and oxygen atoms in total. The third-order valence-corrected chi connectivity index (χ3v) is 23.4. The second-order valence-corrected chi connectivity index (χ2v) is 34.3. The van der Waals surface area contributed by atoms with Gasteiger partial charge in [0.15, 0.2) is 17.2 Å². The second-order valence-electron chi connectivity index (χ2n) is 23.1. The molecule has 0 spiro atoms. The van der Waals surface area contributed by atoms with Crippen molar-refractivity contribution in [3.63, 3.8) is 0 Å². The van der Waals surface area contributed by atoms with E-state index in [0.717, 1.165) is 104 Å². The van der Waals surface area contributed by atoms with Crippen molar-refractivity contribution < 1.29 is 150 Å². The Labute approximate surface area is 652 Å². The summed E-state index contributed by atoms with van der Waals surface area (Å²) in [7, 11) is -34.9. The number of aromatic hydroxyl groups is 4. The lowest BCUT2D eigenvalue weighted by atomic mass is 10.0. The molecule has 0 aromatic heterocycles.